The Balaban J connectivity index is 1.11. The molecule has 1 aromatic carbocycles. The number of likely N-dealkylation sites (tertiary alicyclic amines) is 2. The van der Waals surface area contributed by atoms with Crippen molar-refractivity contribution in [2.75, 3.05) is 26.2 Å². The molecule has 2 amide bonds. The average molecular weight is 408 g/mol. The molecular formula is C24H33N5O. The van der Waals surface area contributed by atoms with Gasteiger partial charge in [-0.3, -0.25) is 4.90 Å². The van der Waals surface area contributed by atoms with Crippen molar-refractivity contribution >= 4 is 6.03 Å². The number of hydrogen-bond donors (Lipinski definition) is 1. The largest absolute Gasteiger partial charge is 0.332 e. The second-order valence-electron chi connectivity index (χ2n) is 9.37. The number of carbonyl (C=O) groups is 1. The molecule has 0 bridgehead atoms. The molecule has 2 saturated heterocycles. The second-order valence-corrected chi connectivity index (χ2v) is 9.37. The van der Waals surface area contributed by atoms with E-state index in [1.54, 1.807) is 0 Å². The molecule has 2 fully saturated rings. The first-order valence-corrected chi connectivity index (χ1v) is 11.5. The molecule has 5 rings (SSSR count). The van der Waals surface area contributed by atoms with Crippen LogP contribution in [0.4, 0.5) is 4.79 Å². The number of benzene rings is 1. The standard InChI is InChI=1S/C24H33N5O/c30-23(26-17-21-16-25-22-8-4-5-12-29(21)22)28-15-11-24(19-28)9-13-27(14-10-24)18-20-6-2-1-3-7-20/h1-3,6-7,16H,4-5,8-15,17-19H2,(H,26,30). The molecule has 1 spiro atoms. The highest BCUT2D eigenvalue weighted by Crippen LogP contribution is 2.40. The average Bonchev–Trinajstić information content (AvgIpc) is 3.39. The minimum Gasteiger partial charge on any atom is -0.332 e. The molecule has 0 radical (unpaired) electrons. The predicted octanol–water partition coefficient (Wildman–Crippen LogP) is 3.42. The van der Waals surface area contributed by atoms with Crippen molar-refractivity contribution in [1.82, 2.24) is 24.7 Å². The van der Waals surface area contributed by atoms with Crippen LogP contribution in [0.1, 0.15) is 49.2 Å². The maximum absolute atomic E-state index is 12.8. The van der Waals surface area contributed by atoms with Gasteiger partial charge < -0.3 is 14.8 Å². The topological polar surface area (TPSA) is 53.4 Å². The Morgan fingerprint density at radius 2 is 1.83 bits per heavy atom. The molecule has 4 heterocycles. The summed E-state index contributed by atoms with van der Waals surface area (Å²) in [4.78, 5) is 21.9. The van der Waals surface area contributed by atoms with Crippen LogP contribution in [0.25, 0.3) is 0 Å². The summed E-state index contributed by atoms with van der Waals surface area (Å²) in [6.07, 6.45) is 8.96. The van der Waals surface area contributed by atoms with Crippen LogP contribution >= 0.6 is 0 Å². The zero-order chi connectivity index (χ0) is 20.4. The van der Waals surface area contributed by atoms with Crippen LogP contribution in [0.2, 0.25) is 0 Å². The van der Waals surface area contributed by atoms with Gasteiger partial charge >= 0.3 is 6.03 Å². The first kappa shape index (κ1) is 19.6. The molecule has 1 N–H and O–H groups in total. The summed E-state index contributed by atoms with van der Waals surface area (Å²) in [6, 6.07) is 10.8. The number of aromatic nitrogens is 2. The number of imidazole rings is 1. The van der Waals surface area contributed by atoms with Crippen LogP contribution in [0.5, 0.6) is 0 Å². The van der Waals surface area contributed by atoms with Crippen molar-refractivity contribution in [3.05, 3.63) is 53.6 Å². The van der Waals surface area contributed by atoms with Gasteiger partial charge in [-0.15, -0.1) is 0 Å². The Hall–Kier alpha value is -2.34. The summed E-state index contributed by atoms with van der Waals surface area (Å²) in [5.41, 5.74) is 2.85. The number of aryl methyl sites for hydroxylation is 1. The van der Waals surface area contributed by atoms with Gasteiger partial charge in [0.25, 0.3) is 0 Å². The lowest BCUT2D eigenvalue weighted by atomic mass is 9.77. The van der Waals surface area contributed by atoms with Crippen molar-refractivity contribution < 1.29 is 4.79 Å². The van der Waals surface area contributed by atoms with Crippen molar-refractivity contribution in [2.24, 2.45) is 5.41 Å². The van der Waals surface area contributed by atoms with E-state index in [1.165, 1.54) is 37.1 Å². The highest BCUT2D eigenvalue weighted by molar-refractivity contribution is 5.74. The number of piperidine rings is 1. The third-order valence-electron chi connectivity index (χ3n) is 7.36. The molecule has 0 aliphatic carbocycles. The van der Waals surface area contributed by atoms with E-state index >= 15 is 0 Å². The Bertz CT molecular complexity index is 869. The number of amides is 2. The lowest BCUT2D eigenvalue weighted by Gasteiger charge is -2.39. The second kappa shape index (κ2) is 8.42. The molecule has 1 aromatic heterocycles. The molecule has 0 saturated carbocycles. The quantitative estimate of drug-likeness (QED) is 0.845. The van der Waals surface area contributed by atoms with Gasteiger partial charge in [-0.2, -0.15) is 0 Å². The molecule has 3 aliphatic heterocycles. The van der Waals surface area contributed by atoms with E-state index in [2.05, 4.69) is 50.1 Å². The Morgan fingerprint density at radius 1 is 1.03 bits per heavy atom. The fourth-order valence-electron chi connectivity index (χ4n) is 5.44. The Kier molecular flexibility index (Phi) is 5.50. The van der Waals surface area contributed by atoms with Crippen LogP contribution in [-0.4, -0.2) is 51.6 Å². The van der Waals surface area contributed by atoms with E-state index in [0.717, 1.165) is 57.8 Å². The van der Waals surface area contributed by atoms with Gasteiger partial charge in [-0.05, 0) is 56.2 Å². The van der Waals surface area contributed by atoms with E-state index in [9.17, 15) is 4.79 Å². The molecule has 0 atom stereocenters. The SMILES string of the molecule is O=C(NCc1cnc2n1CCCC2)N1CCC2(CCN(Cc3ccccc3)CC2)C1. The summed E-state index contributed by atoms with van der Waals surface area (Å²) in [7, 11) is 0. The summed E-state index contributed by atoms with van der Waals surface area (Å²) in [6.45, 7) is 6.71. The molecule has 3 aliphatic rings. The lowest BCUT2D eigenvalue weighted by molar-refractivity contribution is 0.105. The fourth-order valence-corrected chi connectivity index (χ4v) is 5.44. The van der Waals surface area contributed by atoms with Gasteiger partial charge in [0, 0.05) is 32.6 Å². The van der Waals surface area contributed by atoms with Crippen molar-refractivity contribution in [2.45, 2.75) is 58.2 Å². The third kappa shape index (κ3) is 4.10. The number of rotatable bonds is 4. The number of urea groups is 1. The van der Waals surface area contributed by atoms with Gasteiger partial charge in [0.1, 0.15) is 5.82 Å². The van der Waals surface area contributed by atoms with E-state index in [-0.39, 0.29) is 6.03 Å². The smallest absolute Gasteiger partial charge is 0.317 e. The lowest BCUT2D eigenvalue weighted by Crippen LogP contribution is -2.43. The first-order chi connectivity index (χ1) is 14.7. The molecule has 0 unspecified atom stereocenters. The Labute approximate surface area is 179 Å². The first-order valence-electron chi connectivity index (χ1n) is 11.5. The maximum atomic E-state index is 12.8. The van der Waals surface area contributed by atoms with E-state index in [1.807, 2.05) is 11.1 Å². The van der Waals surface area contributed by atoms with Crippen LogP contribution < -0.4 is 5.32 Å². The van der Waals surface area contributed by atoms with Crippen molar-refractivity contribution in [3.63, 3.8) is 0 Å². The molecular weight excluding hydrogens is 374 g/mol. The summed E-state index contributed by atoms with van der Waals surface area (Å²) in [5.74, 6) is 1.17. The zero-order valence-corrected chi connectivity index (χ0v) is 17.9. The maximum Gasteiger partial charge on any atom is 0.317 e. The van der Waals surface area contributed by atoms with Crippen LogP contribution in [0.15, 0.2) is 36.5 Å². The van der Waals surface area contributed by atoms with E-state index < -0.39 is 0 Å². The van der Waals surface area contributed by atoms with Gasteiger partial charge in [-0.1, -0.05) is 30.3 Å². The van der Waals surface area contributed by atoms with Gasteiger partial charge in [0.05, 0.1) is 18.4 Å². The van der Waals surface area contributed by atoms with Crippen LogP contribution in [0.3, 0.4) is 0 Å². The molecule has 6 heteroatoms. The minimum atomic E-state index is 0.0879. The number of hydrogen-bond acceptors (Lipinski definition) is 3. The molecule has 2 aromatic rings. The Morgan fingerprint density at radius 3 is 2.67 bits per heavy atom. The third-order valence-corrected chi connectivity index (χ3v) is 7.36. The van der Waals surface area contributed by atoms with Crippen molar-refractivity contribution in [1.29, 1.82) is 0 Å². The number of carbonyl (C=O) groups excluding carboxylic acids is 1. The van der Waals surface area contributed by atoms with E-state index in [4.69, 9.17) is 0 Å². The number of fused-ring (bicyclic) bond motifs is 1. The van der Waals surface area contributed by atoms with Crippen LogP contribution in [-0.2, 0) is 26.1 Å². The molecule has 6 nitrogen and oxygen atoms in total. The molecule has 30 heavy (non-hydrogen) atoms. The summed E-state index contributed by atoms with van der Waals surface area (Å²) < 4.78 is 2.29. The number of nitrogens with zero attached hydrogens (tertiary/aromatic N) is 4. The number of nitrogens with one attached hydrogen (secondary N) is 1. The van der Waals surface area contributed by atoms with E-state index in [0.29, 0.717) is 12.0 Å². The van der Waals surface area contributed by atoms with Gasteiger partial charge in [-0.25, -0.2) is 9.78 Å². The van der Waals surface area contributed by atoms with Gasteiger partial charge in [0.2, 0.25) is 0 Å². The normalized spacial score (nSPS) is 21.0. The highest BCUT2D eigenvalue weighted by Gasteiger charge is 2.42. The summed E-state index contributed by atoms with van der Waals surface area (Å²) >= 11 is 0. The summed E-state index contributed by atoms with van der Waals surface area (Å²) in [5, 5.41) is 3.16. The highest BCUT2D eigenvalue weighted by atomic mass is 16.2. The zero-order valence-electron chi connectivity index (χ0n) is 17.9. The monoisotopic (exact) mass is 407 g/mol. The van der Waals surface area contributed by atoms with Crippen molar-refractivity contribution in [3.8, 4) is 0 Å². The molecule has 160 valence electrons. The van der Waals surface area contributed by atoms with Crippen LogP contribution in [0, 0.1) is 5.41 Å². The minimum absolute atomic E-state index is 0.0879. The fraction of sp³-hybridized carbons (Fsp3) is 0.583. The predicted molar refractivity (Wildman–Crippen MR) is 117 cm³/mol. The van der Waals surface area contributed by atoms with Gasteiger partial charge in [0.15, 0.2) is 0 Å².